The molecule has 20 heavy (non-hydrogen) atoms. The van der Waals surface area contributed by atoms with Crippen LogP contribution >= 0.6 is 0 Å². The fourth-order valence-corrected chi connectivity index (χ4v) is 2.75. The van der Waals surface area contributed by atoms with E-state index >= 15 is 0 Å². The van der Waals surface area contributed by atoms with E-state index in [0.29, 0.717) is 32.2 Å². The highest BCUT2D eigenvalue weighted by molar-refractivity contribution is 5.32. The molecule has 1 aromatic carbocycles. The van der Waals surface area contributed by atoms with Gasteiger partial charge in [0, 0.05) is 33.2 Å². The third-order valence-corrected chi connectivity index (χ3v) is 4.24. The number of methoxy groups -OCH3 is 1. The molecular formula is C16H22O4. The number of benzene rings is 1. The van der Waals surface area contributed by atoms with Crippen molar-refractivity contribution in [1.29, 1.82) is 0 Å². The van der Waals surface area contributed by atoms with Crippen LogP contribution in [0.15, 0.2) is 24.3 Å². The van der Waals surface area contributed by atoms with Crippen molar-refractivity contribution in [2.24, 2.45) is 0 Å². The van der Waals surface area contributed by atoms with Gasteiger partial charge in [0.2, 0.25) is 0 Å². The molecule has 1 unspecified atom stereocenters. The summed E-state index contributed by atoms with van der Waals surface area (Å²) in [5.74, 6) is 0.836. The molecule has 1 aromatic rings. The standard InChI is InChI=1S/C16H22O4/c1-18-16(7-9-19-10-8-16)15(17)12-3-2-4-14(11-12)20-13-5-6-13/h2-4,11,13,15,17H,5-10H2,1H3. The summed E-state index contributed by atoms with van der Waals surface area (Å²) in [5, 5.41) is 10.7. The number of hydrogen-bond donors (Lipinski definition) is 1. The zero-order valence-corrected chi connectivity index (χ0v) is 11.9. The number of ether oxygens (including phenoxy) is 3. The van der Waals surface area contributed by atoms with Gasteiger partial charge in [-0.15, -0.1) is 0 Å². The molecule has 4 heteroatoms. The van der Waals surface area contributed by atoms with E-state index in [4.69, 9.17) is 14.2 Å². The molecule has 3 rings (SSSR count). The van der Waals surface area contributed by atoms with Gasteiger partial charge in [-0.3, -0.25) is 0 Å². The summed E-state index contributed by atoms with van der Waals surface area (Å²) in [4.78, 5) is 0. The SMILES string of the molecule is COC1(C(O)c2cccc(OC3CC3)c2)CCOCC1. The van der Waals surface area contributed by atoms with E-state index in [1.165, 1.54) is 0 Å². The fourth-order valence-electron chi connectivity index (χ4n) is 2.75. The van der Waals surface area contributed by atoms with Crippen molar-refractivity contribution in [3.05, 3.63) is 29.8 Å². The molecule has 0 spiro atoms. The molecule has 1 saturated heterocycles. The van der Waals surface area contributed by atoms with Gasteiger partial charge in [0.15, 0.2) is 0 Å². The second-order valence-electron chi connectivity index (χ2n) is 5.67. The average Bonchev–Trinajstić information content (AvgIpc) is 3.31. The Bertz CT molecular complexity index is 450. The number of hydrogen-bond acceptors (Lipinski definition) is 4. The summed E-state index contributed by atoms with van der Waals surface area (Å²) in [6.07, 6.45) is 3.38. The zero-order chi connectivity index (χ0) is 14.0. The highest BCUT2D eigenvalue weighted by Crippen LogP contribution is 2.38. The maximum absolute atomic E-state index is 10.7. The first kappa shape index (κ1) is 13.9. The summed E-state index contributed by atoms with van der Waals surface area (Å²) >= 11 is 0. The lowest BCUT2D eigenvalue weighted by Crippen LogP contribution is -2.43. The first-order valence-electron chi connectivity index (χ1n) is 7.31. The minimum absolute atomic E-state index is 0.363. The minimum atomic E-state index is -0.654. The Hall–Kier alpha value is -1.10. The van der Waals surface area contributed by atoms with Crippen molar-refractivity contribution in [2.45, 2.75) is 43.5 Å². The largest absolute Gasteiger partial charge is 0.490 e. The van der Waals surface area contributed by atoms with Crippen molar-refractivity contribution < 1.29 is 19.3 Å². The third-order valence-electron chi connectivity index (χ3n) is 4.24. The van der Waals surface area contributed by atoms with Gasteiger partial charge >= 0.3 is 0 Å². The minimum Gasteiger partial charge on any atom is -0.490 e. The maximum Gasteiger partial charge on any atom is 0.120 e. The lowest BCUT2D eigenvalue weighted by atomic mass is 9.84. The second-order valence-corrected chi connectivity index (χ2v) is 5.67. The molecule has 1 aliphatic heterocycles. The highest BCUT2D eigenvalue weighted by Gasteiger charge is 2.40. The Balaban J connectivity index is 1.78. The van der Waals surface area contributed by atoms with Crippen LogP contribution in [0.25, 0.3) is 0 Å². The molecule has 1 N–H and O–H groups in total. The molecule has 1 heterocycles. The Morgan fingerprint density at radius 3 is 2.70 bits per heavy atom. The van der Waals surface area contributed by atoms with Gasteiger partial charge in [-0.25, -0.2) is 0 Å². The van der Waals surface area contributed by atoms with Crippen molar-refractivity contribution in [2.75, 3.05) is 20.3 Å². The normalized spacial score (nSPS) is 23.3. The van der Waals surface area contributed by atoms with Crippen LogP contribution in [-0.4, -0.2) is 37.1 Å². The first-order valence-corrected chi connectivity index (χ1v) is 7.31. The molecular weight excluding hydrogens is 256 g/mol. The molecule has 0 amide bonds. The Morgan fingerprint density at radius 1 is 1.30 bits per heavy atom. The van der Waals surface area contributed by atoms with Gasteiger partial charge < -0.3 is 19.3 Å². The van der Waals surface area contributed by atoms with Gasteiger partial charge in [-0.2, -0.15) is 0 Å². The topological polar surface area (TPSA) is 47.9 Å². The molecule has 1 aliphatic carbocycles. The lowest BCUT2D eigenvalue weighted by Gasteiger charge is -2.39. The Morgan fingerprint density at radius 2 is 2.05 bits per heavy atom. The lowest BCUT2D eigenvalue weighted by molar-refractivity contribution is -0.154. The molecule has 2 aliphatic rings. The van der Waals surface area contributed by atoms with E-state index in [9.17, 15) is 5.11 Å². The van der Waals surface area contributed by atoms with Gasteiger partial charge in [-0.05, 0) is 30.5 Å². The van der Waals surface area contributed by atoms with E-state index < -0.39 is 11.7 Å². The fraction of sp³-hybridized carbons (Fsp3) is 0.625. The molecule has 0 radical (unpaired) electrons. The first-order chi connectivity index (χ1) is 9.73. The number of rotatable bonds is 5. The highest BCUT2D eigenvalue weighted by atomic mass is 16.5. The number of aliphatic hydroxyl groups is 1. The van der Waals surface area contributed by atoms with Gasteiger partial charge in [-0.1, -0.05) is 12.1 Å². The zero-order valence-electron chi connectivity index (χ0n) is 11.9. The van der Waals surface area contributed by atoms with Crippen LogP contribution in [0.3, 0.4) is 0 Å². The van der Waals surface area contributed by atoms with Gasteiger partial charge in [0.05, 0.1) is 6.10 Å². The molecule has 1 atom stereocenters. The number of aliphatic hydroxyl groups excluding tert-OH is 1. The quantitative estimate of drug-likeness (QED) is 0.899. The van der Waals surface area contributed by atoms with Crippen LogP contribution < -0.4 is 4.74 Å². The second kappa shape index (κ2) is 5.72. The van der Waals surface area contributed by atoms with Crippen LogP contribution in [0, 0.1) is 0 Å². The monoisotopic (exact) mass is 278 g/mol. The summed E-state index contributed by atoms with van der Waals surface area (Å²) in [7, 11) is 1.67. The molecule has 4 nitrogen and oxygen atoms in total. The van der Waals surface area contributed by atoms with Crippen molar-refractivity contribution in [3.8, 4) is 5.75 Å². The Labute approximate surface area is 119 Å². The maximum atomic E-state index is 10.7. The average molecular weight is 278 g/mol. The van der Waals surface area contributed by atoms with Crippen LogP contribution in [-0.2, 0) is 9.47 Å². The molecule has 0 aromatic heterocycles. The predicted octanol–water partition coefficient (Wildman–Crippen LogP) is 2.46. The molecule has 0 bridgehead atoms. The molecule has 2 fully saturated rings. The van der Waals surface area contributed by atoms with Crippen LogP contribution in [0.1, 0.15) is 37.4 Å². The van der Waals surface area contributed by atoms with Gasteiger partial charge in [0.25, 0.3) is 0 Å². The van der Waals surface area contributed by atoms with E-state index in [0.717, 1.165) is 24.2 Å². The third kappa shape index (κ3) is 2.82. The summed E-state index contributed by atoms with van der Waals surface area (Å²) < 4.78 is 16.8. The van der Waals surface area contributed by atoms with E-state index in [-0.39, 0.29) is 0 Å². The van der Waals surface area contributed by atoms with Crippen LogP contribution in [0.5, 0.6) is 5.75 Å². The summed E-state index contributed by atoms with van der Waals surface area (Å²) in [6, 6.07) is 7.73. The molecule has 110 valence electrons. The molecule has 1 saturated carbocycles. The smallest absolute Gasteiger partial charge is 0.120 e. The van der Waals surface area contributed by atoms with E-state index in [1.54, 1.807) is 7.11 Å². The van der Waals surface area contributed by atoms with E-state index in [2.05, 4.69) is 0 Å². The van der Waals surface area contributed by atoms with Crippen molar-refractivity contribution in [3.63, 3.8) is 0 Å². The van der Waals surface area contributed by atoms with Crippen LogP contribution in [0.2, 0.25) is 0 Å². The van der Waals surface area contributed by atoms with Crippen LogP contribution in [0.4, 0.5) is 0 Å². The summed E-state index contributed by atoms with van der Waals surface area (Å²) in [6.45, 7) is 1.26. The van der Waals surface area contributed by atoms with E-state index in [1.807, 2.05) is 24.3 Å². The van der Waals surface area contributed by atoms with Gasteiger partial charge in [0.1, 0.15) is 17.5 Å². The van der Waals surface area contributed by atoms with Crippen molar-refractivity contribution >= 4 is 0 Å². The predicted molar refractivity (Wildman–Crippen MR) is 74.8 cm³/mol. The Kier molecular flexibility index (Phi) is 3.96. The van der Waals surface area contributed by atoms with Crippen molar-refractivity contribution in [1.82, 2.24) is 0 Å². The summed E-state index contributed by atoms with van der Waals surface area (Å²) in [5.41, 5.74) is 0.308.